The summed E-state index contributed by atoms with van der Waals surface area (Å²) in [6, 6.07) is 9.68. The van der Waals surface area contributed by atoms with Crippen LogP contribution in [0.15, 0.2) is 34.9 Å². The first-order valence-electron chi connectivity index (χ1n) is 5.77. The molecule has 0 fully saturated rings. The normalized spacial score (nSPS) is 9.95. The van der Waals surface area contributed by atoms with Crippen molar-refractivity contribution in [3.8, 4) is 23.1 Å². The van der Waals surface area contributed by atoms with Gasteiger partial charge in [-0.2, -0.15) is 5.26 Å². The molecule has 0 unspecified atom stereocenters. The van der Waals surface area contributed by atoms with Crippen molar-refractivity contribution in [2.45, 2.75) is 12.8 Å². The Kier molecular flexibility index (Phi) is 4.48. The van der Waals surface area contributed by atoms with Crippen LogP contribution in [-0.2, 0) is 6.42 Å². The average molecular weight is 318 g/mol. The number of methoxy groups -OCH3 is 1. The van der Waals surface area contributed by atoms with Gasteiger partial charge in [0.25, 0.3) is 0 Å². The molecule has 1 heterocycles. The van der Waals surface area contributed by atoms with E-state index in [-0.39, 0.29) is 0 Å². The van der Waals surface area contributed by atoms with Gasteiger partial charge < -0.3 is 4.74 Å². The van der Waals surface area contributed by atoms with Crippen LogP contribution in [0.3, 0.4) is 0 Å². The fourth-order valence-electron chi connectivity index (χ4n) is 1.72. The minimum absolute atomic E-state index is 0.416. The highest BCUT2D eigenvalue weighted by atomic mass is 79.9. The monoisotopic (exact) mass is 317 g/mol. The first-order valence-corrected chi connectivity index (χ1v) is 6.56. The number of nitrogens with zero attached hydrogens (tertiary/aromatic N) is 3. The molecule has 1 aromatic carbocycles. The Bertz CT molecular complexity index is 622. The van der Waals surface area contributed by atoms with Gasteiger partial charge in [-0.05, 0) is 24.3 Å². The van der Waals surface area contributed by atoms with Crippen molar-refractivity contribution in [3.63, 3.8) is 0 Å². The number of aryl methyl sites for hydroxylation is 1. The molecule has 0 saturated carbocycles. The lowest BCUT2D eigenvalue weighted by Crippen LogP contribution is -1.97. The van der Waals surface area contributed by atoms with Gasteiger partial charge in [0.1, 0.15) is 11.6 Å². The fourth-order valence-corrected chi connectivity index (χ4v) is 2.08. The molecule has 0 bridgehead atoms. The highest BCUT2D eigenvalue weighted by Gasteiger charge is 2.09. The smallest absolute Gasteiger partial charge is 0.129 e. The first-order chi connectivity index (χ1) is 9.24. The zero-order valence-electron chi connectivity index (χ0n) is 10.4. The molecule has 0 aliphatic rings. The summed E-state index contributed by atoms with van der Waals surface area (Å²) in [5.41, 5.74) is 1.69. The second-order valence-electron chi connectivity index (χ2n) is 3.86. The molecule has 0 N–H and O–H groups in total. The Labute approximate surface area is 120 Å². The van der Waals surface area contributed by atoms with E-state index in [2.05, 4.69) is 32.0 Å². The summed E-state index contributed by atoms with van der Waals surface area (Å²) in [4.78, 5) is 8.63. The van der Waals surface area contributed by atoms with E-state index in [4.69, 9.17) is 10.00 Å². The quantitative estimate of drug-likeness (QED) is 0.867. The topological polar surface area (TPSA) is 58.8 Å². The van der Waals surface area contributed by atoms with Crippen molar-refractivity contribution in [2.75, 3.05) is 7.11 Å². The van der Waals surface area contributed by atoms with Gasteiger partial charge in [0.15, 0.2) is 0 Å². The molecule has 4 nitrogen and oxygen atoms in total. The van der Waals surface area contributed by atoms with Crippen LogP contribution < -0.4 is 4.74 Å². The highest BCUT2D eigenvalue weighted by molar-refractivity contribution is 9.10. The zero-order valence-corrected chi connectivity index (χ0v) is 12.0. The minimum Gasteiger partial charge on any atom is -0.496 e. The Morgan fingerprint density at radius 1 is 1.37 bits per heavy atom. The molecule has 0 aliphatic heterocycles. The maximum absolute atomic E-state index is 8.60. The molecular weight excluding hydrogens is 306 g/mol. The molecule has 0 aliphatic carbocycles. The summed E-state index contributed by atoms with van der Waals surface area (Å²) < 4.78 is 6.30. The number of ether oxygens (including phenoxy) is 1. The molecule has 0 radical (unpaired) electrons. The minimum atomic E-state index is 0.416. The van der Waals surface area contributed by atoms with E-state index in [1.54, 1.807) is 13.3 Å². The summed E-state index contributed by atoms with van der Waals surface area (Å²) in [5.74, 6) is 1.43. The highest BCUT2D eigenvalue weighted by Crippen LogP contribution is 2.31. The number of hydrogen-bond acceptors (Lipinski definition) is 4. The third-order valence-corrected chi connectivity index (χ3v) is 3.10. The van der Waals surface area contributed by atoms with Crippen molar-refractivity contribution in [1.29, 1.82) is 5.26 Å². The molecule has 1 aromatic heterocycles. The van der Waals surface area contributed by atoms with E-state index in [1.165, 1.54) is 0 Å². The summed E-state index contributed by atoms with van der Waals surface area (Å²) in [6.07, 6.45) is 2.68. The summed E-state index contributed by atoms with van der Waals surface area (Å²) >= 11 is 3.44. The summed E-state index contributed by atoms with van der Waals surface area (Å²) in [6.45, 7) is 0. The third kappa shape index (κ3) is 3.30. The molecule has 2 aromatic rings. The van der Waals surface area contributed by atoms with Crippen molar-refractivity contribution < 1.29 is 4.74 Å². The fraction of sp³-hybridized carbons (Fsp3) is 0.214. The van der Waals surface area contributed by atoms with Gasteiger partial charge in [0.2, 0.25) is 0 Å². The van der Waals surface area contributed by atoms with Crippen LogP contribution in [0.4, 0.5) is 0 Å². The molecule has 2 rings (SSSR count). The van der Waals surface area contributed by atoms with Gasteiger partial charge in [-0.25, -0.2) is 9.97 Å². The van der Waals surface area contributed by atoms with E-state index in [0.717, 1.165) is 21.5 Å². The number of halogens is 1. The predicted octanol–water partition coefficient (Wildman–Crippen LogP) is 3.37. The molecule has 0 spiro atoms. The Hall–Kier alpha value is -1.93. The van der Waals surface area contributed by atoms with Crippen molar-refractivity contribution in [2.24, 2.45) is 0 Å². The van der Waals surface area contributed by atoms with Crippen molar-refractivity contribution in [3.05, 3.63) is 40.8 Å². The molecule has 0 atom stereocenters. The molecular formula is C14H12BrN3O. The predicted molar refractivity (Wildman–Crippen MR) is 75.7 cm³/mol. The van der Waals surface area contributed by atoms with Crippen LogP contribution in [0, 0.1) is 11.3 Å². The van der Waals surface area contributed by atoms with Gasteiger partial charge in [-0.3, -0.25) is 0 Å². The number of nitriles is 1. The molecule has 19 heavy (non-hydrogen) atoms. The van der Waals surface area contributed by atoms with Crippen LogP contribution in [0.2, 0.25) is 0 Å². The molecule has 5 heteroatoms. The van der Waals surface area contributed by atoms with Gasteiger partial charge in [-0.1, -0.05) is 15.9 Å². The lowest BCUT2D eigenvalue weighted by molar-refractivity contribution is 0.416. The van der Waals surface area contributed by atoms with E-state index in [9.17, 15) is 0 Å². The lowest BCUT2D eigenvalue weighted by atomic mass is 10.1. The molecule has 96 valence electrons. The zero-order chi connectivity index (χ0) is 13.7. The Morgan fingerprint density at radius 3 is 2.95 bits per heavy atom. The molecule has 0 amide bonds. The summed E-state index contributed by atoms with van der Waals surface area (Å²) in [7, 11) is 1.63. The Morgan fingerprint density at radius 2 is 2.21 bits per heavy atom. The largest absolute Gasteiger partial charge is 0.496 e. The lowest BCUT2D eigenvalue weighted by Gasteiger charge is -2.09. The standard InChI is InChI=1S/C14H12BrN3O/c1-19-13-5-4-10(15)9-11(13)12-6-8-17-14(18-12)3-2-7-16/h4-6,8-9H,2-3H2,1H3. The van der Waals surface area contributed by atoms with Crippen LogP contribution in [0.1, 0.15) is 12.2 Å². The second-order valence-corrected chi connectivity index (χ2v) is 4.78. The number of hydrogen-bond donors (Lipinski definition) is 0. The second kappa shape index (κ2) is 6.30. The van der Waals surface area contributed by atoms with Crippen molar-refractivity contribution in [1.82, 2.24) is 9.97 Å². The van der Waals surface area contributed by atoms with Crippen molar-refractivity contribution >= 4 is 15.9 Å². The molecule has 0 saturated heterocycles. The SMILES string of the molecule is COc1ccc(Br)cc1-c1ccnc(CCC#N)n1. The third-order valence-electron chi connectivity index (χ3n) is 2.60. The van der Waals surface area contributed by atoms with E-state index < -0.39 is 0 Å². The van der Waals surface area contributed by atoms with Gasteiger partial charge >= 0.3 is 0 Å². The number of rotatable bonds is 4. The van der Waals surface area contributed by atoms with Gasteiger partial charge in [0.05, 0.1) is 18.9 Å². The Balaban J connectivity index is 2.41. The van der Waals surface area contributed by atoms with Crippen LogP contribution >= 0.6 is 15.9 Å². The van der Waals surface area contributed by atoms with E-state index in [1.807, 2.05) is 24.3 Å². The maximum atomic E-state index is 8.60. The maximum Gasteiger partial charge on any atom is 0.129 e. The average Bonchev–Trinajstić information content (AvgIpc) is 2.45. The van der Waals surface area contributed by atoms with Crippen LogP contribution in [0.25, 0.3) is 11.3 Å². The number of aromatic nitrogens is 2. The van der Waals surface area contributed by atoms with E-state index in [0.29, 0.717) is 18.7 Å². The van der Waals surface area contributed by atoms with Gasteiger partial charge in [-0.15, -0.1) is 0 Å². The summed E-state index contributed by atoms with van der Waals surface area (Å²) in [5, 5.41) is 8.60. The van der Waals surface area contributed by atoms with Crippen LogP contribution in [-0.4, -0.2) is 17.1 Å². The van der Waals surface area contributed by atoms with E-state index >= 15 is 0 Å². The first kappa shape index (κ1) is 13.5. The number of benzene rings is 1. The van der Waals surface area contributed by atoms with Gasteiger partial charge in [0, 0.05) is 29.1 Å². The van der Waals surface area contributed by atoms with Crippen LogP contribution in [0.5, 0.6) is 5.75 Å².